The molecule has 66 heavy (non-hydrogen) atoms. The van der Waals surface area contributed by atoms with E-state index in [1.54, 1.807) is 0 Å². The summed E-state index contributed by atoms with van der Waals surface area (Å²) in [6, 6.07) is 0. The van der Waals surface area contributed by atoms with Crippen LogP contribution in [0.5, 0.6) is 0 Å². The largest absolute Gasteiger partial charge is 0.462 e. The normalized spacial score (nSPS) is 12.8. The van der Waals surface area contributed by atoms with Gasteiger partial charge in [-0.05, 0) is 89.9 Å². The maximum atomic E-state index is 12.3. The fraction of sp³-hybridized carbons (Fsp3) is 0.738. The lowest BCUT2D eigenvalue weighted by Crippen LogP contribution is -2.28. The van der Waals surface area contributed by atoms with Crippen molar-refractivity contribution in [1.29, 1.82) is 0 Å². The fourth-order valence-electron chi connectivity index (χ4n) is 7.97. The van der Waals surface area contributed by atoms with E-state index in [4.69, 9.17) is 9.47 Å². The summed E-state index contributed by atoms with van der Waals surface area (Å²) in [7, 11) is 0. The molecule has 0 saturated carbocycles. The molecule has 5 nitrogen and oxygen atoms in total. The van der Waals surface area contributed by atoms with Crippen LogP contribution in [0.25, 0.3) is 0 Å². The van der Waals surface area contributed by atoms with Crippen LogP contribution in [0.15, 0.2) is 85.1 Å². The zero-order chi connectivity index (χ0) is 47.7. The number of carbonyl (C=O) groups excluding carboxylic acids is 2. The van der Waals surface area contributed by atoms with Crippen LogP contribution in [0.2, 0.25) is 0 Å². The van der Waals surface area contributed by atoms with Gasteiger partial charge in [-0.2, -0.15) is 0 Å². The molecule has 0 saturated heterocycles. The minimum Gasteiger partial charge on any atom is -0.462 e. The summed E-state index contributed by atoms with van der Waals surface area (Å²) in [5.41, 5.74) is 0. The van der Waals surface area contributed by atoms with Crippen molar-refractivity contribution in [2.45, 2.75) is 277 Å². The number of ether oxygens (including phenoxy) is 2. The molecule has 0 aliphatic heterocycles. The van der Waals surface area contributed by atoms with Gasteiger partial charge in [-0.25, -0.2) is 0 Å². The molecule has 0 spiro atoms. The number of carbonyl (C=O) groups is 2. The highest BCUT2D eigenvalue weighted by atomic mass is 16.6. The number of aliphatic hydroxyl groups excluding tert-OH is 1. The van der Waals surface area contributed by atoms with Crippen molar-refractivity contribution in [3.8, 4) is 0 Å². The molecular formula is C61H106O5. The second kappa shape index (κ2) is 56.4. The molecule has 5 heteroatoms. The SMILES string of the molecule is CC/C=C\C/C=C\C/C=C\C/C=C\CCCCCCCCCCCCCCCCCCC(=O)OC(CO)COC(=O)CCCCCCCCCC/C=C\C/C=C\C/C=C\CCCCCCC. The first kappa shape index (κ1) is 63.1. The zero-order valence-corrected chi connectivity index (χ0v) is 43.4. The number of hydrogen-bond acceptors (Lipinski definition) is 5. The standard InChI is InChI=1S/C61H106O5/c1-3-5-7-9-11-13-15-17-19-21-23-25-27-28-29-30-31-32-34-36-38-40-42-44-46-48-50-52-54-56-61(64)66-59(57-62)58-65-60(63)55-53-51-49-47-45-43-41-39-37-35-33-26-24-22-20-18-16-14-12-10-8-6-4-2/h5,7,11,13,16-19,22-25,33,35,59,62H,3-4,6,8-10,12,14-15,20-21,26-32,34,36-58H2,1-2H3/b7-5-,13-11-,18-16-,19-17-,24-22-,25-23-,35-33-. The summed E-state index contributed by atoms with van der Waals surface area (Å²) in [5.74, 6) is -0.594. The van der Waals surface area contributed by atoms with Crippen LogP contribution in [-0.4, -0.2) is 36.4 Å². The average molecular weight is 920 g/mol. The van der Waals surface area contributed by atoms with Gasteiger partial charge in [0.25, 0.3) is 0 Å². The highest BCUT2D eigenvalue weighted by Crippen LogP contribution is 2.16. The van der Waals surface area contributed by atoms with Crippen LogP contribution < -0.4 is 0 Å². The molecule has 380 valence electrons. The summed E-state index contributed by atoms with van der Waals surface area (Å²) >= 11 is 0. The lowest BCUT2D eigenvalue weighted by Gasteiger charge is -2.15. The Hall–Kier alpha value is -2.92. The molecule has 0 aromatic heterocycles. The van der Waals surface area contributed by atoms with E-state index in [1.165, 1.54) is 167 Å². The van der Waals surface area contributed by atoms with Gasteiger partial charge in [0.2, 0.25) is 0 Å². The van der Waals surface area contributed by atoms with Gasteiger partial charge in [0.15, 0.2) is 6.10 Å². The Morgan fingerprint density at radius 1 is 0.364 bits per heavy atom. The summed E-state index contributed by atoms with van der Waals surface area (Å²) in [6.07, 6.45) is 78.3. The van der Waals surface area contributed by atoms with Gasteiger partial charge in [-0.1, -0.05) is 253 Å². The van der Waals surface area contributed by atoms with Gasteiger partial charge in [-0.3, -0.25) is 9.59 Å². The molecule has 0 aliphatic carbocycles. The van der Waals surface area contributed by atoms with Gasteiger partial charge in [-0.15, -0.1) is 0 Å². The molecule has 1 unspecified atom stereocenters. The van der Waals surface area contributed by atoms with Crippen molar-refractivity contribution < 1.29 is 24.2 Å². The number of esters is 2. The quantitative estimate of drug-likeness (QED) is 0.0374. The van der Waals surface area contributed by atoms with Crippen LogP contribution in [0.4, 0.5) is 0 Å². The summed E-state index contributed by atoms with van der Waals surface area (Å²) in [6.45, 7) is 4.03. The van der Waals surface area contributed by atoms with Gasteiger partial charge >= 0.3 is 11.9 Å². The predicted octanol–water partition coefficient (Wildman–Crippen LogP) is 19.0. The van der Waals surface area contributed by atoms with E-state index in [2.05, 4.69) is 98.9 Å². The van der Waals surface area contributed by atoms with Gasteiger partial charge in [0.1, 0.15) is 6.61 Å². The van der Waals surface area contributed by atoms with E-state index < -0.39 is 6.10 Å². The van der Waals surface area contributed by atoms with Gasteiger partial charge in [0, 0.05) is 12.8 Å². The second-order valence-corrected chi connectivity index (χ2v) is 18.6. The minimum atomic E-state index is -0.779. The maximum absolute atomic E-state index is 12.3. The number of allylic oxidation sites excluding steroid dienone is 14. The van der Waals surface area contributed by atoms with Crippen LogP contribution in [0.3, 0.4) is 0 Å². The lowest BCUT2D eigenvalue weighted by atomic mass is 10.0. The van der Waals surface area contributed by atoms with Crippen LogP contribution in [0, 0.1) is 0 Å². The number of aliphatic hydroxyl groups is 1. The molecule has 1 N–H and O–H groups in total. The number of rotatable bonds is 51. The lowest BCUT2D eigenvalue weighted by molar-refractivity contribution is -0.161. The van der Waals surface area contributed by atoms with E-state index in [0.717, 1.165) is 77.0 Å². The highest BCUT2D eigenvalue weighted by molar-refractivity contribution is 5.70. The predicted molar refractivity (Wildman–Crippen MR) is 288 cm³/mol. The molecule has 0 fully saturated rings. The van der Waals surface area contributed by atoms with Crippen molar-refractivity contribution in [3.63, 3.8) is 0 Å². The van der Waals surface area contributed by atoms with Crippen molar-refractivity contribution in [1.82, 2.24) is 0 Å². The zero-order valence-electron chi connectivity index (χ0n) is 43.4. The Balaban J connectivity index is 3.50. The molecular weight excluding hydrogens is 813 g/mol. The van der Waals surface area contributed by atoms with Crippen LogP contribution in [-0.2, 0) is 19.1 Å². The first-order valence-corrected chi connectivity index (χ1v) is 28.1. The topological polar surface area (TPSA) is 72.8 Å². The van der Waals surface area contributed by atoms with Gasteiger partial charge in [0.05, 0.1) is 6.61 Å². The van der Waals surface area contributed by atoms with Crippen LogP contribution in [0.1, 0.15) is 271 Å². The molecule has 1 atom stereocenters. The third-order valence-corrected chi connectivity index (χ3v) is 12.2. The smallest absolute Gasteiger partial charge is 0.306 e. The first-order chi connectivity index (χ1) is 32.6. The molecule has 0 rings (SSSR count). The third-order valence-electron chi connectivity index (χ3n) is 12.2. The Morgan fingerprint density at radius 2 is 0.652 bits per heavy atom. The molecule has 0 aromatic rings. The third kappa shape index (κ3) is 53.7. The van der Waals surface area contributed by atoms with Gasteiger partial charge < -0.3 is 14.6 Å². The van der Waals surface area contributed by atoms with Crippen molar-refractivity contribution in [2.75, 3.05) is 13.2 Å². The Labute approximate surface area is 409 Å². The highest BCUT2D eigenvalue weighted by Gasteiger charge is 2.16. The second-order valence-electron chi connectivity index (χ2n) is 18.6. The average Bonchev–Trinajstić information content (AvgIpc) is 3.32. The van der Waals surface area contributed by atoms with Crippen LogP contribution >= 0.6 is 0 Å². The van der Waals surface area contributed by atoms with E-state index >= 15 is 0 Å². The Kier molecular flexibility index (Phi) is 53.9. The minimum absolute atomic E-state index is 0.0713. The molecule has 0 heterocycles. The molecule has 0 bridgehead atoms. The summed E-state index contributed by atoms with van der Waals surface area (Å²) in [4.78, 5) is 24.5. The number of hydrogen-bond donors (Lipinski definition) is 1. The Morgan fingerprint density at radius 3 is 0.985 bits per heavy atom. The molecule has 0 aliphatic rings. The van der Waals surface area contributed by atoms with Crippen molar-refractivity contribution in [3.05, 3.63) is 85.1 Å². The summed E-state index contributed by atoms with van der Waals surface area (Å²) in [5, 5.41) is 9.65. The van der Waals surface area contributed by atoms with Crippen molar-refractivity contribution in [2.24, 2.45) is 0 Å². The van der Waals surface area contributed by atoms with Crippen molar-refractivity contribution >= 4 is 11.9 Å². The first-order valence-electron chi connectivity index (χ1n) is 28.1. The number of unbranched alkanes of at least 4 members (excludes halogenated alkanes) is 29. The molecule has 0 aromatic carbocycles. The molecule has 0 radical (unpaired) electrons. The van der Waals surface area contributed by atoms with E-state index in [1.807, 2.05) is 0 Å². The summed E-state index contributed by atoms with van der Waals surface area (Å²) < 4.78 is 10.7. The van der Waals surface area contributed by atoms with E-state index in [9.17, 15) is 14.7 Å². The maximum Gasteiger partial charge on any atom is 0.306 e. The monoisotopic (exact) mass is 919 g/mol. The van der Waals surface area contributed by atoms with E-state index in [-0.39, 0.29) is 25.2 Å². The van der Waals surface area contributed by atoms with E-state index in [0.29, 0.717) is 12.8 Å². The fourth-order valence-corrected chi connectivity index (χ4v) is 7.97. The Bertz CT molecular complexity index is 1220. The molecule has 0 amide bonds.